The molecule has 0 aliphatic carbocycles. The molecule has 0 amide bonds. The highest BCUT2D eigenvalue weighted by Crippen LogP contribution is 2.41. The first kappa shape index (κ1) is 19.9. The molecule has 0 saturated carbocycles. The molecule has 0 N–H and O–H groups in total. The van der Waals surface area contributed by atoms with Crippen molar-refractivity contribution in [2.75, 3.05) is 18.1 Å². The van der Waals surface area contributed by atoms with Crippen LogP contribution in [0.25, 0.3) is 23.2 Å². The fraction of sp³-hybridized carbons (Fsp3) is 0.409. The first-order chi connectivity index (χ1) is 16.3. The number of fused-ring (bicyclic) bond motifs is 3. The standard InChI is InChI=1S/C22H24N10O/c1-3-17-21-29-28-14(2)31(21)18-13-26-22(27-20(18)32(17)15-4-10-33-11-5-15)30-9-8-25-19(30)16-12-23-6-7-24-16/h6-9,12-13,15,17H,3-5,10-11H2,1-2H3/t17-/m1/s1. The third-order valence-corrected chi connectivity index (χ3v) is 6.33. The zero-order valence-electron chi connectivity index (χ0n) is 18.5. The SMILES string of the molecule is CC[C@@H]1c2nnc(C)n2-c2cnc(-n3ccnc3-c3cnccn3)nc2N1C1CCOCC1. The normalized spacial score (nSPS) is 18.2. The highest BCUT2D eigenvalue weighted by Gasteiger charge is 2.39. The van der Waals surface area contributed by atoms with Crippen LogP contribution in [0.4, 0.5) is 5.82 Å². The molecule has 0 radical (unpaired) electrons. The van der Waals surface area contributed by atoms with Crippen molar-refractivity contribution >= 4 is 5.82 Å². The van der Waals surface area contributed by atoms with Crippen molar-refractivity contribution < 1.29 is 4.74 Å². The Morgan fingerprint density at radius 2 is 1.91 bits per heavy atom. The van der Waals surface area contributed by atoms with Crippen LogP contribution in [0, 0.1) is 6.92 Å². The largest absolute Gasteiger partial charge is 0.381 e. The topological polar surface area (TPSA) is 113 Å². The van der Waals surface area contributed by atoms with Gasteiger partial charge in [0.1, 0.15) is 17.2 Å². The van der Waals surface area contributed by atoms with Crippen molar-refractivity contribution in [3.8, 4) is 23.2 Å². The van der Waals surface area contributed by atoms with Crippen LogP contribution in [-0.4, -0.2) is 63.5 Å². The van der Waals surface area contributed by atoms with Gasteiger partial charge in [-0.05, 0) is 26.2 Å². The van der Waals surface area contributed by atoms with Gasteiger partial charge in [0.2, 0.25) is 5.95 Å². The summed E-state index contributed by atoms with van der Waals surface area (Å²) >= 11 is 0. The average Bonchev–Trinajstić information content (AvgIpc) is 3.51. The van der Waals surface area contributed by atoms with E-state index >= 15 is 0 Å². The van der Waals surface area contributed by atoms with E-state index < -0.39 is 0 Å². The fourth-order valence-electron chi connectivity index (χ4n) is 4.82. The van der Waals surface area contributed by atoms with Crippen molar-refractivity contribution in [3.05, 3.63) is 48.8 Å². The predicted molar refractivity (Wildman–Crippen MR) is 119 cm³/mol. The molecule has 33 heavy (non-hydrogen) atoms. The zero-order chi connectivity index (χ0) is 22.4. The summed E-state index contributed by atoms with van der Waals surface area (Å²) in [4.78, 5) is 25.3. The summed E-state index contributed by atoms with van der Waals surface area (Å²) in [6.07, 6.45) is 13.2. The molecule has 11 heteroatoms. The fourth-order valence-corrected chi connectivity index (χ4v) is 4.82. The molecule has 11 nitrogen and oxygen atoms in total. The van der Waals surface area contributed by atoms with E-state index in [0.717, 1.165) is 55.6 Å². The Bertz CT molecular complexity index is 1280. The first-order valence-corrected chi connectivity index (χ1v) is 11.2. The van der Waals surface area contributed by atoms with Crippen LogP contribution in [0.15, 0.2) is 37.2 Å². The number of ether oxygens (including phenoxy) is 1. The highest BCUT2D eigenvalue weighted by molar-refractivity contribution is 5.64. The molecule has 1 atom stereocenters. The quantitative estimate of drug-likeness (QED) is 0.468. The molecule has 2 aliphatic rings. The lowest BCUT2D eigenvalue weighted by Gasteiger charge is -2.43. The van der Waals surface area contributed by atoms with E-state index in [0.29, 0.717) is 23.5 Å². The van der Waals surface area contributed by atoms with Gasteiger partial charge in [-0.2, -0.15) is 4.98 Å². The van der Waals surface area contributed by atoms with E-state index in [9.17, 15) is 0 Å². The Morgan fingerprint density at radius 1 is 1.03 bits per heavy atom. The van der Waals surface area contributed by atoms with Crippen LogP contribution < -0.4 is 4.90 Å². The minimum atomic E-state index is 0.0757. The third-order valence-electron chi connectivity index (χ3n) is 6.33. The van der Waals surface area contributed by atoms with E-state index in [4.69, 9.17) is 14.7 Å². The van der Waals surface area contributed by atoms with Crippen LogP contribution >= 0.6 is 0 Å². The minimum Gasteiger partial charge on any atom is -0.381 e. The van der Waals surface area contributed by atoms with Crippen molar-refractivity contribution in [3.63, 3.8) is 0 Å². The zero-order valence-corrected chi connectivity index (χ0v) is 18.5. The lowest BCUT2D eigenvalue weighted by Crippen LogP contribution is -2.45. The van der Waals surface area contributed by atoms with Gasteiger partial charge in [0.05, 0.1) is 18.4 Å². The van der Waals surface area contributed by atoms with Gasteiger partial charge in [0.15, 0.2) is 17.5 Å². The maximum Gasteiger partial charge on any atom is 0.237 e. The third kappa shape index (κ3) is 3.18. The Balaban J connectivity index is 1.52. The van der Waals surface area contributed by atoms with Gasteiger partial charge in [0.25, 0.3) is 0 Å². The molecule has 2 aliphatic heterocycles. The van der Waals surface area contributed by atoms with Gasteiger partial charge in [0, 0.05) is 44.0 Å². The Kier molecular flexibility index (Phi) is 4.83. The van der Waals surface area contributed by atoms with Crippen LogP contribution in [0.3, 0.4) is 0 Å². The molecule has 0 spiro atoms. The van der Waals surface area contributed by atoms with E-state index in [1.54, 1.807) is 24.8 Å². The molecule has 1 fully saturated rings. The number of aromatic nitrogens is 9. The van der Waals surface area contributed by atoms with Gasteiger partial charge < -0.3 is 9.64 Å². The predicted octanol–water partition coefficient (Wildman–Crippen LogP) is 2.46. The summed E-state index contributed by atoms with van der Waals surface area (Å²) in [5.41, 5.74) is 1.56. The van der Waals surface area contributed by atoms with Crippen molar-refractivity contribution in [1.29, 1.82) is 0 Å². The van der Waals surface area contributed by atoms with E-state index in [1.807, 2.05) is 23.9 Å². The summed E-state index contributed by atoms with van der Waals surface area (Å²) in [7, 11) is 0. The van der Waals surface area contributed by atoms with Gasteiger partial charge in [-0.25, -0.2) is 15.0 Å². The molecule has 168 valence electrons. The number of anilines is 1. The molecular weight excluding hydrogens is 420 g/mol. The number of aryl methyl sites for hydroxylation is 1. The molecule has 6 heterocycles. The number of rotatable bonds is 4. The molecule has 4 aromatic rings. The number of hydrogen-bond donors (Lipinski definition) is 0. The van der Waals surface area contributed by atoms with Gasteiger partial charge in [-0.3, -0.25) is 14.1 Å². The number of nitrogens with zero attached hydrogens (tertiary/aromatic N) is 10. The van der Waals surface area contributed by atoms with E-state index in [2.05, 4.69) is 41.5 Å². The van der Waals surface area contributed by atoms with Crippen LogP contribution in [0.2, 0.25) is 0 Å². The van der Waals surface area contributed by atoms with Gasteiger partial charge in [-0.1, -0.05) is 6.92 Å². The van der Waals surface area contributed by atoms with Gasteiger partial charge >= 0.3 is 0 Å². The van der Waals surface area contributed by atoms with Crippen LogP contribution in [-0.2, 0) is 4.74 Å². The second kappa shape index (κ2) is 8.00. The lowest BCUT2D eigenvalue weighted by atomic mass is 10.0. The maximum absolute atomic E-state index is 5.65. The number of hydrogen-bond acceptors (Lipinski definition) is 9. The van der Waals surface area contributed by atoms with Crippen LogP contribution in [0.5, 0.6) is 0 Å². The first-order valence-electron chi connectivity index (χ1n) is 11.2. The maximum atomic E-state index is 5.65. The molecule has 4 aromatic heterocycles. The minimum absolute atomic E-state index is 0.0757. The molecule has 1 saturated heterocycles. The Labute approximate surface area is 190 Å². The summed E-state index contributed by atoms with van der Waals surface area (Å²) in [6.45, 7) is 5.64. The van der Waals surface area contributed by atoms with Crippen molar-refractivity contribution in [2.24, 2.45) is 0 Å². The second-order valence-corrected chi connectivity index (χ2v) is 8.21. The number of imidazole rings is 1. The summed E-state index contributed by atoms with van der Waals surface area (Å²) in [6, 6.07) is 0.380. The molecular formula is C22H24N10O. The highest BCUT2D eigenvalue weighted by atomic mass is 16.5. The van der Waals surface area contributed by atoms with Gasteiger partial charge in [-0.15, -0.1) is 10.2 Å². The summed E-state index contributed by atoms with van der Waals surface area (Å²) in [5, 5.41) is 8.91. The Morgan fingerprint density at radius 3 is 2.70 bits per heavy atom. The molecule has 0 bridgehead atoms. The second-order valence-electron chi connectivity index (χ2n) is 8.21. The summed E-state index contributed by atoms with van der Waals surface area (Å²) < 4.78 is 9.58. The van der Waals surface area contributed by atoms with Crippen molar-refractivity contribution in [1.82, 2.24) is 44.3 Å². The lowest BCUT2D eigenvalue weighted by molar-refractivity contribution is 0.0817. The smallest absolute Gasteiger partial charge is 0.237 e. The summed E-state index contributed by atoms with van der Waals surface area (Å²) in [5.74, 6) is 3.83. The van der Waals surface area contributed by atoms with Crippen LogP contribution in [0.1, 0.15) is 43.9 Å². The molecule has 6 rings (SSSR count). The monoisotopic (exact) mass is 444 g/mol. The average molecular weight is 445 g/mol. The van der Waals surface area contributed by atoms with E-state index in [1.165, 1.54) is 0 Å². The molecule has 0 unspecified atom stereocenters. The van der Waals surface area contributed by atoms with Crippen molar-refractivity contribution in [2.45, 2.75) is 45.2 Å². The Hall–Kier alpha value is -3.73. The van der Waals surface area contributed by atoms with E-state index in [-0.39, 0.29) is 6.04 Å². The molecule has 0 aromatic carbocycles.